The second kappa shape index (κ2) is 8.22. The average molecular weight is 399 g/mol. The number of halogens is 1. The predicted molar refractivity (Wildman–Crippen MR) is 110 cm³/mol. The lowest BCUT2D eigenvalue weighted by Gasteiger charge is -2.35. The van der Waals surface area contributed by atoms with Gasteiger partial charge >= 0.3 is 0 Å². The number of thiazole rings is 1. The number of carbonyl (C=O) groups excluding carboxylic acids is 1. The molecule has 1 unspecified atom stereocenters. The third-order valence-corrected chi connectivity index (χ3v) is 6.37. The van der Waals surface area contributed by atoms with Gasteiger partial charge in [0.25, 0.3) is 5.91 Å². The molecule has 0 bridgehead atoms. The van der Waals surface area contributed by atoms with Crippen LogP contribution >= 0.6 is 11.3 Å². The lowest BCUT2D eigenvalue weighted by molar-refractivity contribution is -0.136. The molecule has 1 aromatic carbocycles. The Morgan fingerprint density at radius 2 is 1.96 bits per heavy atom. The molecule has 1 aliphatic rings. The number of alkyl halides is 1. The summed E-state index contributed by atoms with van der Waals surface area (Å²) in [5, 5.41) is 0.241. The molecule has 1 saturated heterocycles. The van der Waals surface area contributed by atoms with Gasteiger partial charge in [-0.2, -0.15) is 0 Å². The Morgan fingerprint density at radius 3 is 2.68 bits per heavy atom. The van der Waals surface area contributed by atoms with Crippen LogP contribution < -0.4 is 4.90 Å². The third kappa shape index (κ3) is 3.99. The zero-order valence-electron chi connectivity index (χ0n) is 15.8. The van der Waals surface area contributed by atoms with Crippen molar-refractivity contribution in [1.82, 2.24) is 14.9 Å². The summed E-state index contributed by atoms with van der Waals surface area (Å²) in [5.41, 5.74) is 1.92. The molecule has 7 heteroatoms. The summed E-state index contributed by atoms with van der Waals surface area (Å²) in [7, 11) is 1.69. The molecule has 0 spiro atoms. The van der Waals surface area contributed by atoms with Crippen LogP contribution in [0.25, 0.3) is 10.2 Å². The first-order valence-electron chi connectivity index (χ1n) is 9.51. The predicted octanol–water partition coefficient (Wildman–Crippen LogP) is 4.08. The maximum atomic E-state index is 14.8. The Bertz CT molecular complexity index is 907. The van der Waals surface area contributed by atoms with Crippen LogP contribution in [-0.2, 0) is 4.79 Å². The maximum absolute atomic E-state index is 14.8. The highest BCUT2D eigenvalue weighted by atomic mass is 32.1. The molecule has 3 heterocycles. The van der Waals surface area contributed by atoms with Crippen LogP contribution in [0.2, 0.25) is 0 Å². The highest BCUT2D eigenvalue weighted by molar-refractivity contribution is 7.18. The van der Waals surface area contributed by atoms with Crippen molar-refractivity contribution >= 4 is 33.1 Å². The number of likely N-dealkylation sites (N-methyl/N-ethyl adjacent to an activating group) is 1. The van der Waals surface area contributed by atoms with E-state index in [2.05, 4.69) is 14.9 Å². The largest absolute Gasteiger partial charge is 0.371 e. The van der Waals surface area contributed by atoms with Gasteiger partial charge in [0.2, 0.25) is 6.17 Å². The number of hydrogen-bond donors (Lipinski definition) is 0. The number of pyridine rings is 1. The summed E-state index contributed by atoms with van der Waals surface area (Å²) in [6.45, 7) is 2.45. The molecule has 4 rings (SSSR count). The van der Waals surface area contributed by atoms with E-state index in [0.29, 0.717) is 12.5 Å². The third-order valence-electron chi connectivity index (χ3n) is 5.29. The van der Waals surface area contributed by atoms with Gasteiger partial charge in [0, 0.05) is 44.8 Å². The van der Waals surface area contributed by atoms with E-state index in [4.69, 9.17) is 0 Å². The minimum Gasteiger partial charge on any atom is -0.371 e. The average Bonchev–Trinajstić information content (AvgIpc) is 3.18. The molecule has 3 aromatic rings. The first-order chi connectivity index (χ1) is 13.6. The van der Waals surface area contributed by atoms with E-state index < -0.39 is 12.1 Å². The minimum atomic E-state index is -1.70. The normalized spacial score (nSPS) is 16.3. The van der Waals surface area contributed by atoms with E-state index in [1.54, 1.807) is 19.4 Å². The van der Waals surface area contributed by atoms with Gasteiger partial charge in [-0.05, 0) is 43.0 Å². The second-order valence-corrected chi connectivity index (χ2v) is 8.30. The Balaban J connectivity index is 1.33. The van der Waals surface area contributed by atoms with Crippen molar-refractivity contribution in [3.05, 3.63) is 53.8 Å². The molecule has 28 heavy (non-hydrogen) atoms. The highest BCUT2D eigenvalue weighted by Gasteiger charge is 2.29. The molecular weight excluding hydrogens is 375 g/mol. The Morgan fingerprint density at radius 1 is 1.25 bits per heavy atom. The van der Waals surface area contributed by atoms with Crippen molar-refractivity contribution in [2.75, 3.05) is 31.6 Å². The fraction of sp³-hybridized carbons (Fsp3) is 0.381. The molecule has 0 N–H and O–H groups in total. The Kier molecular flexibility index (Phi) is 5.52. The smallest absolute Gasteiger partial charge is 0.264 e. The van der Waals surface area contributed by atoms with Crippen LogP contribution in [0.3, 0.4) is 0 Å². The standard InChI is InChI=1S/C21H23FN4OS/c1-25(14-15-8-12-26(13-9-15)16-6-10-23-11-7-16)21(27)19(22)20-24-17-4-2-3-5-18(17)28-20/h2-7,10-11,15,19H,8-9,12-14H2,1H3. The number of fused-ring (bicyclic) bond motifs is 1. The molecule has 1 aliphatic heterocycles. The van der Waals surface area contributed by atoms with Crippen molar-refractivity contribution in [2.45, 2.75) is 19.0 Å². The minimum absolute atomic E-state index is 0.241. The number of nitrogens with zero attached hydrogens (tertiary/aromatic N) is 4. The van der Waals surface area contributed by atoms with E-state index >= 15 is 0 Å². The number of amides is 1. The second-order valence-electron chi connectivity index (χ2n) is 7.24. The van der Waals surface area contributed by atoms with Gasteiger partial charge in [-0.1, -0.05) is 12.1 Å². The molecular formula is C21H23FN4OS. The van der Waals surface area contributed by atoms with E-state index in [0.717, 1.165) is 36.1 Å². The molecule has 2 aromatic heterocycles. The van der Waals surface area contributed by atoms with Gasteiger partial charge < -0.3 is 9.80 Å². The number of benzene rings is 1. The van der Waals surface area contributed by atoms with Crippen molar-refractivity contribution < 1.29 is 9.18 Å². The van der Waals surface area contributed by atoms with Gasteiger partial charge in [-0.3, -0.25) is 9.78 Å². The Labute approximate surface area is 167 Å². The molecule has 146 valence electrons. The SMILES string of the molecule is CN(CC1CCN(c2ccncc2)CC1)C(=O)C(F)c1nc2ccccc2s1. The first kappa shape index (κ1) is 18.8. The van der Waals surface area contributed by atoms with E-state index in [1.165, 1.54) is 21.9 Å². The quantitative estimate of drug-likeness (QED) is 0.650. The van der Waals surface area contributed by atoms with Crippen LogP contribution in [0, 0.1) is 5.92 Å². The van der Waals surface area contributed by atoms with Crippen LogP contribution in [0.4, 0.5) is 10.1 Å². The zero-order chi connectivity index (χ0) is 19.5. The van der Waals surface area contributed by atoms with Crippen molar-refractivity contribution in [3.63, 3.8) is 0 Å². The first-order valence-corrected chi connectivity index (χ1v) is 10.3. The van der Waals surface area contributed by atoms with E-state index in [1.807, 2.05) is 36.4 Å². The van der Waals surface area contributed by atoms with Crippen LogP contribution in [0.5, 0.6) is 0 Å². The van der Waals surface area contributed by atoms with Gasteiger partial charge in [-0.15, -0.1) is 11.3 Å². The topological polar surface area (TPSA) is 49.3 Å². The Hall–Kier alpha value is -2.54. The summed E-state index contributed by atoms with van der Waals surface area (Å²) in [5.74, 6) is -0.120. The summed E-state index contributed by atoms with van der Waals surface area (Å²) >= 11 is 1.25. The maximum Gasteiger partial charge on any atom is 0.264 e. The molecule has 0 saturated carbocycles. The molecule has 1 atom stereocenters. The summed E-state index contributed by atoms with van der Waals surface area (Å²) in [6.07, 6.45) is 3.88. The number of aromatic nitrogens is 2. The van der Waals surface area contributed by atoms with Crippen molar-refractivity contribution in [2.24, 2.45) is 5.92 Å². The van der Waals surface area contributed by atoms with Gasteiger partial charge in [-0.25, -0.2) is 9.37 Å². The number of piperidine rings is 1. The lowest BCUT2D eigenvalue weighted by Crippen LogP contribution is -2.40. The summed E-state index contributed by atoms with van der Waals surface area (Å²) in [4.78, 5) is 24.8. The van der Waals surface area contributed by atoms with Gasteiger partial charge in [0.1, 0.15) is 5.01 Å². The zero-order valence-corrected chi connectivity index (χ0v) is 16.6. The summed E-state index contributed by atoms with van der Waals surface area (Å²) in [6, 6.07) is 11.5. The molecule has 1 fully saturated rings. The molecule has 0 radical (unpaired) electrons. The fourth-order valence-corrected chi connectivity index (χ4v) is 4.64. The number of carbonyl (C=O) groups is 1. The fourth-order valence-electron chi connectivity index (χ4n) is 3.70. The number of anilines is 1. The van der Waals surface area contributed by atoms with Crippen LogP contribution in [0.15, 0.2) is 48.8 Å². The van der Waals surface area contributed by atoms with Crippen LogP contribution in [-0.4, -0.2) is 47.5 Å². The van der Waals surface area contributed by atoms with Crippen molar-refractivity contribution in [1.29, 1.82) is 0 Å². The van der Waals surface area contributed by atoms with Gasteiger partial charge in [0.15, 0.2) is 0 Å². The van der Waals surface area contributed by atoms with Gasteiger partial charge in [0.05, 0.1) is 10.2 Å². The molecule has 1 amide bonds. The van der Waals surface area contributed by atoms with Crippen molar-refractivity contribution in [3.8, 4) is 0 Å². The van der Waals surface area contributed by atoms with E-state index in [-0.39, 0.29) is 5.01 Å². The number of hydrogen-bond acceptors (Lipinski definition) is 5. The number of para-hydroxylation sites is 1. The molecule has 5 nitrogen and oxygen atoms in total. The monoisotopic (exact) mass is 398 g/mol. The van der Waals surface area contributed by atoms with Crippen LogP contribution in [0.1, 0.15) is 24.0 Å². The van der Waals surface area contributed by atoms with E-state index in [9.17, 15) is 9.18 Å². The molecule has 0 aliphatic carbocycles. The summed E-state index contributed by atoms with van der Waals surface area (Å²) < 4.78 is 15.7. The highest BCUT2D eigenvalue weighted by Crippen LogP contribution is 2.30. The number of rotatable bonds is 5. The lowest BCUT2D eigenvalue weighted by atomic mass is 9.96.